The molecule has 17 heavy (non-hydrogen) atoms. The lowest BCUT2D eigenvalue weighted by molar-refractivity contribution is 0.112. The van der Waals surface area contributed by atoms with E-state index in [1.54, 1.807) is 0 Å². The van der Waals surface area contributed by atoms with Crippen molar-refractivity contribution >= 4 is 38.1 Å². The van der Waals surface area contributed by atoms with Crippen LogP contribution in [0.1, 0.15) is 19.7 Å². The number of rotatable bonds is 3. The molecule has 0 saturated carbocycles. The number of carbonyl (C=O) groups excluding carboxylic acids is 1. The lowest BCUT2D eigenvalue weighted by atomic mass is 9.99. The minimum Gasteiger partial charge on any atom is -0.298 e. The largest absolute Gasteiger partial charge is 0.298 e. The van der Waals surface area contributed by atoms with Gasteiger partial charge in [-0.15, -0.1) is 0 Å². The Morgan fingerprint density at radius 2 is 1.76 bits per heavy atom. The van der Waals surface area contributed by atoms with Crippen molar-refractivity contribution in [1.29, 1.82) is 0 Å². The van der Waals surface area contributed by atoms with E-state index in [1.807, 2.05) is 42.5 Å². The summed E-state index contributed by atoms with van der Waals surface area (Å²) in [6, 6.07) is 15.7. The second-order valence-corrected chi connectivity index (χ2v) is 6.69. The van der Waals surface area contributed by atoms with Gasteiger partial charge >= 0.3 is 0 Å². The van der Waals surface area contributed by atoms with E-state index in [1.165, 1.54) is 0 Å². The summed E-state index contributed by atoms with van der Waals surface area (Å²) in [5, 5.41) is 0. The van der Waals surface area contributed by atoms with Gasteiger partial charge in [-0.05, 0) is 22.8 Å². The Morgan fingerprint density at radius 3 is 2.47 bits per heavy atom. The van der Waals surface area contributed by atoms with E-state index in [2.05, 4.69) is 37.9 Å². The van der Waals surface area contributed by atoms with Crippen LogP contribution in [-0.4, -0.2) is 6.29 Å². The lowest BCUT2D eigenvalue weighted by Gasteiger charge is -2.08. The number of halogens is 2. The smallest absolute Gasteiger partial charge is 0.150 e. The van der Waals surface area contributed by atoms with Crippen molar-refractivity contribution in [2.45, 2.75) is 3.74 Å². The van der Waals surface area contributed by atoms with Crippen LogP contribution in [0.4, 0.5) is 0 Å². The molecule has 0 aliphatic rings. The molecule has 0 aromatic heterocycles. The first-order valence-electron chi connectivity index (χ1n) is 5.15. The van der Waals surface area contributed by atoms with Gasteiger partial charge < -0.3 is 0 Å². The standard InChI is InChI=1S/C14H10Br2O/c15-14(16)11-6-3-5-10(8-11)13-7-2-1-4-12(13)9-17/h1-9,14H. The van der Waals surface area contributed by atoms with E-state index in [4.69, 9.17) is 0 Å². The molecule has 0 aliphatic carbocycles. The zero-order chi connectivity index (χ0) is 12.3. The van der Waals surface area contributed by atoms with Gasteiger partial charge in [0, 0.05) is 5.56 Å². The summed E-state index contributed by atoms with van der Waals surface area (Å²) in [5.41, 5.74) is 3.85. The molecule has 0 aliphatic heterocycles. The maximum Gasteiger partial charge on any atom is 0.150 e. The summed E-state index contributed by atoms with van der Waals surface area (Å²) in [5.74, 6) is 0. The zero-order valence-corrected chi connectivity index (χ0v) is 12.1. The number of hydrogen-bond acceptors (Lipinski definition) is 1. The van der Waals surface area contributed by atoms with Crippen LogP contribution in [0.15, 0.2) is 48.5 Å². The van der Waals surface area contributed by atoms with Gasteiger partial charge in [-0.3, -0.25) is 4.79 Å². The molecule has 1 nitrogen and oxygen atoms in total. The van der Waals surface area contributed by atoms with E-state index in [0.29, 0.717) is 5.56 Å². The van der Waals surface area contributed by atoms with E-state index < -0.39 is 0 Å². The van der Waals surface area contributed by atoms with Crippen LogP contribution in [0.3, 0.4) is 0 Å². The van der Waals surface area contributed by atoms with Crippen molar-refractivity contribution in [3.8, 4) is 11.1 Å². The number of alkyl halides is 2. The van der Waals surface area contributed by atoms with E-state index in [-0.39, 0.29) is 3.74 Å². The predicted molar refractivity (Wildman–Crippen MR) is 77.9 cm³/mol. The fraction of sp³-hybridized carbons (Fsp3) is 0.0714. The van der Waals surface area contributed by atoms with Crippen molar-refractivity contribution < 1.29 is 4.79 Å². The number of benzene rings is 2. The third-order valence-electron chi connectivity index (χ3n) is 2.54. The lowest BCUT2D eigenvalue weighted by Crippen LogP contribution is -1.88. The van der Waals surface area contributed by atoms with Crippen LogP contribution in [0.2, 0.25) is 0 Å². The maximum atomic E-state index is 11.0. The van der Waals surface area contributed by atoms with Crippen LogP contribution >= 0.6 is 31.9 Å². The second-order valence-electron chi connectivity index (χ2n) is 3.63. The summed E-state index contributed by atoms with van der Waals surface area (Å²) in [4.78, 5) is 11.0. The van der Waals surface area contributed by atoms with Gasteiger partial charge in [-0.1, -0.05) is 74.3 Å². The summed E-state index contributed by atoms with van der Waals surface area (Å²) < 4.78 is 0.123. The van der Waals surface area contributed by atoms with Gasteiger partial charge in [0.1, 0.15) is 0 Å². The third kappa shape index (κ3) is 2.85. The number of aldehydes is 1. The van der Waals surface area contributed by atoms with Crippen molar-refractivity contribution in [2.75, 3.05) is 0 Å². The highest BCUT2D eigenvalue weighted by atomic mass is 79.9. The monoisotopic (exact) mass is 352 g/mol. The van der Waals surface area contributed by atoms with Crippen LogP contribution in [0.25, 0.3) is 11.1 Å². The van der Waals surface area contributed by atoms with Crippen LogP contribution in [-0.2, 0) is 0 Å². The molecule has 0 spiro atoms. The molecule has 3 heteroatoms. The van der Waals surface area contributed by atoms with Crippen LogP contribution in [0, 0.1) is 0 Å². The molecule has 0 bridgehead atoms. The van der Waals surface area contributed by atoms with Crippen molar-refractivity contribution in [2.24, 2.45) is 0 Å². The van der Waals surface area contributed by atoms with Gasteiger partial charge in [0.15, 0.2) is 6.29 Å². The summed E-state index contributed by atoms with van der Waals surface area (Å²) in [6.07, 6.45) is 0.891. The van der Waals surface area contributed by atoms with Crippen LogP contribution in [0.5, 0.6) is 0 Å². The molecular weight excluding hydrogens is 344 g/mol. The summed E-state index contributed by atoms with van der Waals surface area (Å²) in [7, 11) is 0. The molecular formula is C14H10Br2O. The highest BCUT2D eigenvalue weighted by Gasteiger charge is 2.07. The third-order valence-corrected chi connectivity index (χ3v) is 3.59. The average molecular weight is 354 g/mol. The topological polar surface area (TPSA) is 17.1 Å². The predicted octanol–water partition coefficient (Wildman–Crippen LogP) is 4.95. The molecule has 0 unspecified atom stereocenters. The fourth-order valence-electron chi connectivity index (χ4n) is 1.70. The quantitative estimate of drug-likeness (QED) is 0.563. The average Bonchev–Trinajstić information content (AvgIpc) is 2.39. The summed E-state index contributed by atoms with van der Waals surface area (Å²) in [6.45, 7) is 0. The Hall–Kier alpha value is -0.930. The highest BCUT2D eigenvalue weighted by molar-refractivity contribution is 9.24. The van der Waals surface area contributed by atoms with E-state index in [9.17, 15) is 4.79 Å². The van der Waals surface area contributed by atoms with Gasteiger partial charge in [0.25, 0.3) is 0 Å². The van der Waals surface area contributed by atoms with Gasteiger partial charge in [0.2, 0.25) is 0 Å². The normalized spacial score (nSPS) is 10.5. The second kappa shape index (κ2) is 5.61. The number of hydrogen-bond donors (Lipinski definition) is 0. The van der Waals surface area contributed by atoms with Crippen molar-refractivity contribution in [3.63, 3.8) is 0 Å². The van der Waals surface area contributed by atoms with Crippen LogP contribution < -0.4 is 0 Å². The maximum absolute atomic E-state index is 11.0. The van der Waals surface area contributed by atoms with Gasteiger partial charge in [-0.2, -0.15) is 0 Å². The molecule has 0 N–H and O–H groups in total. The minimum atomic E-state index is 0.123. The molecule has 2 aromatic carbocycles. The molecule has 2 rings (SSSR count). The summed E-state index contributed by atoms with van der Waals surface area (Å²) >= 11 is 6.94. The van der Waals surface area contributed by atoms with Gasteiger partial charge in [0.05, 0.1) is 3.74 Å². The number of carbonyl (C=O) groups is 1. The zero-order valence-electron chi connectivity index (χ0n) is 8.94. The molecule has 0 atom stereocenters. The Morgan fingerprint density at radius 1 is 1.00 bits per heavy atom. The molecule has 2 aromatic rings. The Balaban J connectivity index is 2.52. The Labute approximate surface area is 117 Å². The van der Waals surface area contributed by atoms with Crippen molar-refractivity contribution in [3.05, 3.63) is 59.7 Å². The fourth-order valence-corrected chi connectivity index (χ4v) is 2.27. The first kappa shape index (κ1) is 12.5. The van der Waals surface area contributed by atoms with E-state index in [0.717, 1.165) is 23.0 Å². The molecule has 0 heterocycles. The molecule has 86 valence electrons. The SMILES string of the molecule is O=Cc1ccccc1-c1cccc(C(Br)Br)c1. The molecule has 0 fully saturated rings. The molecule has 0 radical (unpaired) electrons. The van der Waals surface area contributed by atoms with E-state index >= 15 is 0 Å². The first-order valence-corrected chi connectivity index (χ1v) is 6.98. The molecule has 0 saturated heterocycles. The Bertz CT molecular complexity index is 535. The first-order chi connectivity index (χ1) is 8.22. The minimum absolute atomic E-state index is 0.123. The van der Waals surface area contributed by atoms with Crippen molar-refractivity contribution in [1.82, 2.24) is 0 Å². The highest BCUT2D eigenvalue weighted by Crippen LogP contribution is 2.32. The Kier molecular flexibility index (Phi) is 4.13. The van der Waals surface area contributed by atoms with Gasteiger partial charge in [-0.25, -0.2) is 0 Å². The molecule has 0 amide bonds.